The molecular weight excluding hydrogens is 519 g/mol. The van der Waals surface area contributed by atoms with Crippen molar-refractivity contribution < 1.29 is 14.3 Å². The van der Waals surface area contributed by atoms with Gasteiger partial charge in [-0.05, 0) is 74.6 Å². The van der Waals surface area contributed by atoms with E-state index in [-0.39, 0.29) is 31.0 Å². The molecule has 2 amide bonds. The summed E-state index contributed by atoms with van der Waals surface area (Å²) >= 11 is 13.0. The molecule has 3 rings (SSSR count). The fraction of sp³-hybridized carbons (Fsp3) is 0.355. The fourth-order valence-electron chi connectivity index (χ4n) is 4.22. The van der Waals surface area contributed by atoms with Crippen molar-refractivity contribution in [3.63, 3.8) is 0 Å². The first kappa shape index (κ1) is 29.5. The number of benzene rings is 3. The highest BCUT2D eigenvalue weighted by atomic mass is 35.5. The van der Waals surface area contributed by atoms with Crippen molar-refractivity contribution in [2.75, 3.05) is 6.61 Å². The van der Waals surface area contributed by atoms with E-state index in [2.05, 4.69) is 11.4 Å². The third kappa shape index (κ3) is 7.75. The van der Waals surface area contributed by atoms with Gasteiger partial charge < -0.3 is 15.0 Å². The number of aryl methyl sites for hydroxylation is 2. The number of amides is 2. The Kier molecular flexibility index (Phi) is 10.6. The predicted molar refractivity (Wildman–Crippen MR) is 155 cm³/mol. The van der Waals surface area contributed by atoms with Crippen LogP contribution in [0.5, 0.6) is 5.75 Å². The van der Waals surface area contributed by atoms with E-state index >= 15 is 0 Å². The van der Waals surface area contributed by atoms with Crippen LogP contribution < -0.4 is 10.1 Å². The van der Waals surface area contributed by atoms with Crippen LogP contribution in [0.4, 0.5) is 0 Å². The summed E-state index contributed by atoms with van der Waals surface area (Å²) in [6.07, 6.45) is 1.10. The second-order valence-corrected chi connectivity index (χ2v) is 10.6. The molecule has 3 aromatic carbocycles. The zero-order chi connectivity index (χ0) is 27.8. The minimum Gasteiger partial charge on any atom is -0.483 e. The van der Waals surface area contributed by atoms with Crippen LogP contribution >= 0.6 is 23.2 Å². The van der Waals surface area contributed by atoms with Crippen molar-refractivity contribution in [2.45, 2.75) is 66.1 Å². The maximum absolute atomic E-state index is 13.9. The van der Waals surface area contributed by atoms with E-state index in [4.69, 9.17) is 27.9 Å². The van der Waals surface area contributed by atoms with Crippen molar-refractivity contribution in [1.82, 2.24) is 10.2 Å². The van der Waals surface area contributed by atoms with Crippen LogP contribution in [0.3, 0.4) is 0 Å². The molecule has 38 heavy (non-hydrogen) atoms. The number of hydrogen-bond donors (Lipinski definition) is 1. The van der Waals surface area contributed by atoms with E-state index in [1.165, 1.54) is 4.90 Å². The van der Waals surface area contributed by atoms with E-state index in [1.807, 2.05) is 71.0 Å². The van der Waals surface area contributed by atoms with Gasteiger partial charge in [0.2, 0.25) is 5.91 Å². The average Bonchev–Trinajstić information content (AvgIpc) is 2.89. The lowest BCUT2D eigenvalue weighted by atomic mass is 10.0. The van der Waals surface area contributed by atoms with Crippen LogP contribution in [0.1, 0.15) is 48.1 Å². The van der Waals surface area contributed by atoms with Gasteiger partial charge in [0.15, 0.2) is 6.61 Å². The molecule has 0 aliphatic rings. The summed E-state index contributed by atoms with van der Waals surface area (Å²) in [5.41, 5.74) is 4.62. The second-order valence-electron chi connectivity index (χ2n) is 9.74. The maximum Gasteiger partial charge on any atom is 0.261 e. The molecule has 0 spiro atoms. The Labute approximate surface area is 236 Å². The standard InChI is InChI=1S/C31H36Cl2N2O3/c1-6-22(4)34-31(37)28(17-24-11-8-7-9-12-24)35(18-25-26(32)13-10-14-27(25)33)30(36)19-38-29-16-20(2)15-21(3)23(29)5/h7-16,22,28H,6,17-19H2,1-5H3,(H,34,37)/t22-,28+/m1/s1. The number of carbonyl (C=O) groups excluding carboxylic acids is 2. The molecule has 1 N–H and O–H groups in total. The van der Waals surface area contributed by atoms with Crippen molar-refractivity contribution in [1.29, 1.82) is 0 Å². The maximum atomic E-state index is 13.9. The lowest BCUT2D eigenvalue weighted by Gasteiger charge is -2.32. The van der Waals surface area contributed by atoms with Crippen molar-refractivity contribution >= 4 is 35.0 Å². The van der Waals surface area contributed by atoms with Gasteiger partial charge in [0.1, 0.15) is 11.8 Å². The Morgan fingerprint density at radius 1 is 0.974 bits per heavy atom. The molecular formula is C31H36Cl2N2O3. The Bertz CT molecular complexity index is 1240. The molecule has 0 saturated carbocycles. The summed E-state index contributed by atoms with van der Waals surface area (Å²) in [4.78, 5) is 29.0. The van der Waals surface area contributed by atoms with Gasteiger partial charge in [-0.3, -0.25) is 9.59 Å². The van der Waals surface area contributed by atoms with Crippen LogP contribution in [-0.2, 0) is 22.6 Å². The van der Waals surface area contributed by atoms with Crippen molar-refractivity contribution in [3.05, 3.63) is 98.5 Å². The molecule has 202 valence electrons. The second kappa shape index (κ2) is 13.7. The summed E-state index contributed by atoms with van der Waals surface area (Å²) < 4.78 is 6.03. The summed E-state index contributed by atoms with van der Waals surface area (Å²) in [6, 6.07) is 18.0. The van der Waals surface area contributed by atoms with Crippen LogP contribution in [0.15, 0.2) is 60.7 Å². The normalized spacial score (nSPS) is 12.5. The van der Waals surface area contributed by atoms with Crippen molar-refractivity contribution in [3.8, 4) is 5.75 Å². The monoisotopic (exact) mass is 554 g/mol. The molecule has 7 heteroatoms. The molecule has 5 nitrogen and oxygen atoms in total. The SMILES string of the molecule is CC[C@@H](C)NC(=O)[C@H](Cc1ccccc1)N(Cc1c(Cl)cccc1Cl)C(=O)COc1cc(C)cc(C)c1C. The summed E-state index contributed by atoms with van der Waals surface area (Å²) in [7, 11) is 0. The molecule has 0 heterocycles. The van der Waals surface area contributed by atoms with Gasteiger partial charge in [-0.2, -0.15) is 0 Å². The fourth-order valence-corrected chi connectivity index (χ4v) is 4.74. The van der Waals surface area contributed by atoms with Crippen molar-refractivity contribution in [2.24, 2.45) is 0 Å². The van der Waals surface area contributed by atoms with Crippen LogP contribution in [0, 0.1) is 20.8 Å². The third-order valence-corrected chi connectivity index (χ3v) is 7.49. The molecule has 2 atom stereocenters. The van der Waals surface area contributed by atoms with E-state index < -0.39 is 6.04 Å². The Morgan fingerprint density at radius 2 is 1.63 bits per heavy atom. The van der Waals surface area contributed by atoms with Gasteiger partial charge >= 0.3 is 0 Å². The molecule has 0 aromatic heterocycles. The molecule has 0 fully saturated rings. The van der Waals surface area contributed by atoms with Crippen LogP contribution in [0.2, 0.25) is 10.0 Å². The Morgan fingerprint density at radius 3 is 2.26 bits per heavy atom. The lowest BCUT2D eigenvalue weighted by molar-refractivity contribution is -0.143. The van der Waals surface area contributed by atoms with Gasteiger partial charge in [0.25, 0.3) is 5.91 Å². The van der Waals surface area contributed by atoms with Gasteiger partial charge in [-0.25, -0.2) is 0 Å². The number of rotatable bonds is 11. The molecule has 0 aliphatic carbocycles. The number of nitrogens with zero attached hydrogens (tertiary/aromatic N) is 1. The largest absolute Gasteiger partial charge is 0.483 e. The third-order valence-electron chi connectivity index (χ3n) is 6.78. The minimum absolute atomic E-state index is 0.0456. The average molecular weight is 556 g/mol. The van der Waals surface area contributed by atoms with E-state index in [0.29, 0.717) is 27.8 Å². The highest BCUT2D eigenvalue weighted by molar-refractivity contribution is 6.36. The number of hydrogen-bond acceptors (Lipinski definition) is 3. The zero-order valence-corrected chi connectivity index (χ0v) is 24.2. The van der Waals surface area contributed by atoms with Gasteiger partial charge in [0, 0.05) is 34.6 Å². The Hall–Kier alpha value is -3.02. The topological polar surface area (TPSA) is 58.6 Å². The number of nitrogens with one attached hydrogen (secondary N) is 1. The molecule has 0 unspecified atom stereocenters. The minimum atomic E-state index is -0.796. The summed E-state index contributed by atoms with van der Waals surface area (Å²) in [5.74, 6) is 0.0809. The smallest absolute Gasteiger partial charge is 0.261 e. The molecule has 0 radical (unpaired) electrons. The van der Waals surface area contributed by atoms with Gasteiger partial charge in [-0.1, -0.05) is 72.6 Å². The number of ether oxygens (including phenoxy) is 1. The number of carbonyl (C=O) groups is 2. The van der Waals surface area contributed by atoms with E-state index in [9.17, 15) is 9.59 Å². The first-order valence-corrected chi connectivity index (χ1v) is 13.6. The highest BCUT2D eigenvalue weighted by Crippen LogP contribution is 2.28. The van der Waals surface area contributed by atoms with Crippen LogP contribution in [-0.4, -0.2) is 35.4 Å². The summed E-state index contributed by atoms with van der Waals surface area (Å²) in [5, 5.41) is 3.92. The molecule has 3 aromatic rings. The highest BCUT2D eigenvalue weighted by Gasteiger charge is 2.32. The number of halogens is 2. The summed E-state index contributed by atoms with van der Waals surface area (Å²) in [6.45, 7) is 9.75. The van der Waals surface area contributed by atoms with Gasteiger partial charge in [0.05, 0.1) is 0 Å². The first-order chi connectivity index (χ1) is 18.1. The molecule has 0 aliphatic heterocycles. The first-order valence-electron chi connectivity index (χ1n) is 12.9. The van der Waals surface area contributed by atoms with E-state index in [0.717, 1.165) is 28.7 Å². The lowest BCUT2D eigenvalue weighted by Crippen LogP contribution is -2.53. The predicted octanol–water partition coefficient (Wildman–Crippen LogP) is 6.85. The van der Waals surface area contributed by atoms with E-state index in [1.54, 1.807) is 18.2 Å². The molecule has 0 saturated heterocycles. The van der Waals surface area contributed by atoms with Gasteiger partial charge in [-0.15, -0.1) is 0 Å². The zero-order valence-electron chi connectivity index (χ0n) is 22.7. The van der Waals surface area contributed by atoms with Crippen LogP contribution in [0.25, 0.3) is 0 Å². The molecule has 0 bridgehead atoms. The quantitative estimate of drug-likeness (QED) is 0.282. The Balaban J connectivity index is 1.99.